The average molecular weight is 707 g/mol. The van der Waals surface area contributed by atoms with Crippen molar-refractivity contribution in [2.75, 3.05) is 0 Å². The van der Waals surface area contributed by atoms with Crippen molar-refractivity contribution >= 4 is 6.08 Å². The number of hydrogen-bond acceptors (Lipinski definition) is 3. The number of halogens is 9. The molecule has 3 aromatic carbocycles. The summed E-state index contributed by atoms with van der Waals surface area (Å²) in [6, 6.07) is 3.65. The third kappa shape index (κ3) is 8.86. The van der Waals surface area contributed by atoms with E-state index >= 15 is 0 Å². The summed E-state index contributed by atoms with van der Waals surface area (Å²) in [7, 11) is 0. The van der Waals surface area contributed by atoms with Gasteiger partial charge in [-0.05, 0) is 85.8 Å². The van der Waals surface area contributed by atoms with Crippen LogP contribution < -0.4 is 4.74 Å². The zero-order chi connectivity index (χ0) is 36.0. The van der Waals surface area contributed by atoms with E-state index in [0.717, 1.165) is 42.5 Å². The molecular formula is C38H35F9N2O. The number of alkyl halides is 2. The van der Waals surface area contributed by atoms with Gasteiger partial charge >= 0.3 is 6.11 Å². The smallest absolute Gasteiger partial charge is 0.429 e. The van der Waals surface area contributed by atoms with Gasteiger partial charge in [0.15, 0.2) is 23.3 Å². The number of aryl methyl sites for hydroxylation is 1. The number of benzene rings is 3. The molecule has 0 N–H and O–H groups in total. The predicted octanol–water partition coefficient (Wildman–Crippen LogP) is 11.7. The minimum atomic E-state index is -4.72. The van der Waals surface area contributed by atoms with Crippen molar-refractivity contribution in [2.24, 2.45) is 5.92 Å². The van der Waals surface area contributed by atoms with Crippen LogP contribution in [0.4, 0.5) is 39.5 Å². The number of nitrogens with zero attached hydrogens (tertiary/aromatic N) is 2. The Kier molecular flexibility index (Phi) is 11.9. The van der Waals surface area contributed by atoms with E-state index in [4.69, 9.17) is 0 Å². The van der Waals surface area contributed by atoms with Crippen molar-refractivity contribution in [3.05, 3.63) is 118 Å². The maximum Gasteiger partial charge on any atom is 0.432 e. The van der Waals surface area contributed by atoms with Gasteiger partial charge in [0.1, 0.15) is 34.6 Å². The first-order valence-corrected chi connectivity index (χ1v) is 16.5. The molecule has 0 amide bonds. The van der Waals surface area contributed by atoms with Gasteiger partial charge in [0.25, 0.3) is 0 Å². The summed E-state index contributed by atoms with van der Waals surface area (Å²) in [6.07, 6.45) is 10.6. The maximum atomic E-state index is 15.0. The third-order valence-corrected chi connectivity index (χ3v) is 9.02. The topological polar surface area (TPSA) is 35.0 Å². The highest BCUT2D eigenvalue weighted by Gasteiger charge is 2.41. The zero-order valence-electron chi connectivity index (χ0n) is 27.2. The zero-order valence-corrected chi connectivity index (χ0v) is 27.2. The van der Waals surface area contributed by atoms with Crippen molar-refractivity contribution in [2.45, 2.75) is 83.2 Å². The molecule has 5 rings (SSSR count). The molecule has 1 fully saturated rings. The Morgan fingerprint density at radius 2 is 1.36 bits per heavy atom. The van der Waals surface area contributed by atoms with E-state index < -0.39 is 58.1 Å². The number of hydrogen-bond donors (Lipinski definition) is 0. The first kappa shape index (κ1) is 36.9. The summed E-state index contributed by atoms with van der Waals surface area (Å²) in [4.78, 5) is 8.74. The molecular weight excluding hydrogens is 671 g/mol. The number of rotatable bonds is 13. The number of allylic oxidation sites excluding steroid dienone is 1. The summed E-state index contributed by atoms with van der Waals surface area (Å²) in [6.45, 7) is 2.20. The van der Waals surface area contributed by atoms with Crippen molar-refractivity contribution in [3.8, 4) is 17.1 Å². The molecule has 50 heavy (non-hydrogen) atoms. The highest BCUT2D eigenvalue weighted by molar-refractivity contribution is 5.61. The maximum absolute atomic E-state index is 15.0. The van der Waals surface area contributed by atoms with Gasteiger partial charge in [-0.15, -0.1) is 0 Å². The van der Waals surface area contributed by atoms with Crippen LogP contribution in [0.1, 0.15) is 92.9 Å². The Labute approximate surface area is 284 Å². The molecule has 3 nitrogen and oxygen atoms in total. The van der Waals surface area contributed by atoms with Crippen molar-refractivity contribution in [1.29, 1.82) is 0 Å². The Bertz CT molecular complexity index is 1750. The first-order chi connectivity index (χ1) is 23.9. The largest absolute Gasteiger partial charge is 0.432 e. The van der Waals surface area contributed by atoms with Crippen LogP contribution in [0.15, 0.2) is 54.9 Å². The van der Waals surface area contributed by atoms with Crippen molar-refractivity contribution in [3.63, 3.8) is 0 Å². The van der Waals surface area contributed by atoms with E-state index in [0.29, 0.717) is 18.1 Å². The molecule has 12 heteroatoms. The fourth-order valence-electron chi connectivity index (χ4n) is 6.33. The fraction of sp³-hybridized carbons (Fsp3) is 0.368. The van der Waals surface area contributed by atoms with Gasteiger partial charge in [-0.25, -0.2) is 40.7 Å². The molecule has 0 aliphatic heterocycles. The molecule has 0 radical (unpaired) electrons. The normalized spacial score (nSPS) is 16.7. The summed E-state index contributed by atoms with van der Waals surface area (Å²) < 4.78 is 132. The van der Waals surface area contributed by atoms with Crippen LogP contribution >= 0.6 is 0 Å². The van der Waals surface area contributed by atoms with Crippen LogP contribution in [0, 0.1) is 46.6 Å². The molecule has 4 aromatic rings. The highest BCUT2D eigenvalue weighted by atomic mass is 19.3. The summed E-state index contributed by atoms with van der Waals surface area (Å²) in [5.74, 6) is -10.7. The monoisotopic (exact) mass is 706 g/mol. The Hall–Kier alpha value is -4.35. The molecule has 0 saturated heterocycles. The molecule has 1 heterocycles. The predicted molar refractivity (Wildman–Crippen MR) is 171 cm³/mol. The highest BCUT2D eigenvalue weighted by Crippen LogP contribution is 2.38. The number of ether oxygens (including phenoxy) is 1. The van der Waals surface area contributed by atoms with Crippen LogP contribution in [-0.2, 0) is 12.5 Å². The molecule has 266 valence electrons. The summed E-state index contributed by atoms with van der Waals surface area (Å²) in [5.41, 5.74) is -1.09. The first-order valence-electron chi connectivity index (χ1n) is 16.5. The van der Waals surface area contributed by atoms with Crippen molar-refractivity contribution < 1.29 is 44.3 Å². The van der Waals surface area contributed by atoms with E-state index in [2.05, 4.69) is 21.6 Å². The standard InChI is InChI=1S/C38H35F9N2O/c1-2-3-4-7-22-10-12-24(13-11-22)26-20-48-37(49-21-26)25-16-29(39)28(30(40)17-25)9-6-5-8-23-14-31(41)35(32(42)15-23)38(46,47)50-27-18-33(43)36(45)34(44)19-27/h6,9,14-22,24H,2-5,7-8,10-13H2,1H3/b9-6+. The average Bonchev–Trinajstić information content (AvgIpc) is 3.06. The van der Waals surface area contributed by atoms with Crippen molar-refractivity contribution in [1.82, 2.24) is 9.97 Å². The van der Waals surface area contributed by atoms with Gasteiger partial charge in [0.2, 0.25) is 0 Å². The fourth-order valence-corrected chi connectivity index (χ4v) is 6.33. The second-order valence-electron chi connectivity index (χ2n) is 12.6. The molecule has 1 aliphatic carbocycles. The minimum absolute atomic E-state index is 0.0190. The molecule has 1 saturated carbocycles. The lowest BCUT2D eigenvalue weighted by molar-refractivity contribution is -0.189. The lowest BCUT2D eigenvalue weighted by atomic mass is 9.77. The molecule has 0 atom stereocenters. The summed E-state index contributed by atoms with van der Waals surface area (Å²) >= 11 is 0. The van der Waals surface area contributed by atoms with Crippen LogP contribution in [0.3, 0.4) is 0 Å². The quantitative estimate of drug-likeness (QED) is 0.0789. The molecule has 0 bridgehead atoms. The van der Waals surface area contributed by atoms with Crippen LogP contribution in [-0.4, -0.2) is 9.97 Å². The number of aromatic nitrogens is 2. The molecule has 1 aromatic heterocycles. The van der Waals surface area contributed by atoms with E-state index in [9.17, 15) is 39.5 Å². The van der Waals surface area contributed by atoms with E-state index in [-0.39, 0.29) is 47.5 Å². The van der Waals surface area contributed by atoms with Crippen LogP contribution in [0.2, 0.25) is 0 Å². The second kappa shape index (κ2) is 16.1. The lowest BCUT2D eigenvalue weighted by Crippen LogP contribution is -2.25. The molecule has 1 aliphatic rings. The molecule has 0 spiro atoms. The van der Waals surface area contributed by atoms with Crippen LogP contribution in [0.25, 0.3) is 17.5 Å². The van der Waals surface area contributed by atoms with E-state index in [1.54, 1.807) is 12.4 Å². The second-order valence-corrected chi connectivity index (χ2v) is 12.6. The van der Waals surface area contributed by atoms with E-state index in [1.165, 1.54) is 44.6 Å². The van der Waals surface area contributed by atoms with Gasteiger partial charge in [0, 0.05) is 35.7 Å². The number of unbranched alkanes of at least 4 members (excludes halogenated alkanes) is 2. The van der Waals surface area contributed by atoms with Gasteiger partial charge in [-0.1, -0.05) is 44.8 Å². The van der Waals surface area contributed by atoms with Gasteiger partial charge in [0.05, 0.1) is 0 Å². The van der Waals surface area contributed by atoms with Gasteiger partial charge < -0.3 is 4.74 Å². The SMILES string of the molecule is CCCCCC1CCC(c2cnc(-c3cc(F)c(/C=C/CCc4cc(F)c(C(F)(F)Oc5cc(F)c(F)c(F)c5)c(F)c4)c(F)c3)nc2)CC1. The Morgan fingerprint density at radius 1 is 0.760 bits per heavy atom. The third-order valence-electron chi connectivity index (χ3n) is 9.02. The van der Waals surface area contributed by atoms with Gasteiger partial charge in [-0.3, -0.25) is 0 Å². The van der Waals surface area contributed by atoms with Gasteiger partial charge in [-0.2, -0.15) is 8.78 Å². The van der Waals surface area contributed by atoms with E-state index in [1.807, 2.05) is 0 Å². The van der Waals surface area contributed by atoms with Crippen LogP contribution in [0.5, 0.6) is 5.75 Å². The lowest BCUT2D eigenvalue weighted by Gasteiger charge is -2.28. The summed E-state index contributed by atoms with van der Waals surface area (Å²) in [5, 5.41) is 0. The molecule has 0 unspecified atom stereocenters. The Morgan fingerprint density at radius 3 is 1.94 bits per heavy atom. The Balaban J connectivity index is 1.18. The minimum Gasteiger partial charge on any atom is -0.429 e.